The number of rotatable bonds is 8. The standard InChI is InChI=1S/C20H18NO4PS/c22-19(20(23)24)16(14-6-2-1-3-7-14)12-26(25)13-27-18-11-10-15-8-4-5-9-17(15)21-18/h1-11,16,19,22H,12-13H2/p+1. The molecule has 1 heterocycles. The second-order valence-corrected chi connectivity index (χ2v) is 9.15. The predicted octanol–water partition coefficient (Wildman–Crippen LogP) is 4.34. The highest BCUT2D eigenvalue weighted by atomic mass is 32.2. The zero-order valence-electron chi connectivity index (χ0n) is 14.4. The lowest BCUT2D eigenvalue weighted by Crippen LogP contribution is -2.29. The van der Waals surface area contributed by atoms with Gasteiger partial charge in [0.05, 0.1) is 11.4 Å². The van der Waals surface area contributed by atoms with Gasteiger partial charge in [0.2, 0.25) is 0 Å². The molecule has 2 N–H and O–H groups in total. The van der Waals surface area contributed by atoms with Gasteiger partial charge in [-0.2, -0.15) is 0 Å². The average molecular weight is 400 g/mol. The molecule has 3 atom stereocenters. The minimum absolute atomic E-state index is 0.105. The van der Waals surface area contributed by atoms with Crippen LogP contribution < -0.4 is 0 Å². The van der Waals surface area contributed by atoms with Gasteiger partial charge in [-0.15, -0.1) is 0 Å². The van der Waals surface area contributed by atoms with E-state index in [0.29, 0.717) is 11.1 Å². The molecule has 0 amide bonds. The molecule has 2 aromatic carbocycles. The average Bonchev–Trinajstić information content (AvgIpc) is 2.70. The number of aliphatic hydroxyl groups is 1. The smallest absolute Gasteiger partial charge is 0.350 e. The van der Waals surface area contributed by atoms with Crippen LogP contribution in [0.3, 0.4) is 0 Å². The molecular formula is C20H19NO4PS+. The third kappa shape index (κ3) is 5.13. The summed E-state index contributed by atoms with van der Waals surface area (Å²) in [4.78, 5) is 15.8. The van der Waals surface area contributed by atoms with Gasteiger partial charge >= 0.3 is 13.8 Å². The van der Waals surface area contributed by atoms with Crippen molar-refractivity contribution in [3.8, 4) is 0 Å². The minimum atomic E-state index is -1.72. The highest BCUT2D eigenvalue weighted by molar-refractivity contribution is 8.03. The maximum absolute atomic E-state index is 12.6. The Balaban J connectivity index is 1.67. The molecule has 3 rings (SSSR count). The summed E-state index contributed by atoms with van der Waals surface area (Å²) >= 11 is 1.38. The molecule has 0 spiro atoms. The number of fused-ring (bicyclic) bond motifs is 1. The number of aliphatic carboxylic acids is 1. The van der Waals surface area contributed by atoms with Gasteiger partial charge in [0, 0.05) is 5.39 Å². The summed E-state index contributed by atoms with van der Waals surface area (Å²) in [6.45, 7) is 0. The summed E-state index contributed by atoms with van der Waals surface area (Å²) < 4.78 is 12.6. The first-order valence-corrected chi connectivity index (χ1v) is 11.0. The van der Waals surface area contributed by atoms with Crippen LogP contribution in [0.2, 0.25) is 0 Å². The van der Waals surface area contributed by atoms with Crippen LogP contribution in [-0.4, -0.2) is 38.9 Å². The van der Waals surface area contributed by atoms with E-state index in [0.717, 1.165) is 15.9 Å². The molecule has 1 aromatic heterocycles. The molecule has 0 fully saturated rings. The SMILES string of the molecule is O=C(O)C(O)C(C[P+](=O)CSc1ccc2ccccc2n1)c1ccccc1. The van der Waals surface area contributed by atoms with Crippen LogP contribution in [0.25, 0.3) is 10.9 Å². The molecule has 3 unspecified atom stereocenters. The Kier molecular flexibility index (Phi) is 6.56. The Morgan fingerprint density at radius 3 is 2.48 bits per heavy atom. The monoisotopic (exact) mass is 400 g/mol. The lowest BCUT2D eigenvalue weighted by atomic mass is 9.95. The van der Waals surface area contributed by atoms with Crippen molar-refractivity contribution in [3.05, 3.63) is 72.3 Å². The maximum Gasteiger partial charge on any atom is 0.350 e. The van der Waals surface area contributed by atoms with Gasteiger partial charge < -0.3 is 10.2 Å². The summed E-state index contributed by atoms with van der Waals surface area (Å²) in [6.07, 6.45) is -1.48. The summed E-state index contributed by atoms with van der Waals surface area (Å²) in [5.74, 6) is -2.02. The molecule has 0 radical (unpaired) electrons. The number of carbonyl (C=O) groups is 1. The van der Waals surface area contributed by atoms with Gasteiger partial charge in [-0.25, -0.2) is 9.78 Å². The fourth-order valence-corrected chi connectivity index (χ4v) is 5.50. The number of carboxylic acid groups (broad SMARTS) is 1. The molecule has 0 aliphatic heterocycles. The third-order valence-corrected chi connectivity index (χ3v) is 7.18. The second kappa shape index (κ2) is 9.09. The van der Waals surface area contributed by atoms with E-state index in [1.165, 1.54) is 11.8 Å². The normalized spacial score (nSPS) is 13.9. The summed E-state index contributed by atoms with van der Waals surface area (Å²) in [6, 6.07) is 20.5. The summed E-state index contributed by atoms with van der Waals surface area (Å²) in [7, 11) is -1.72. The van der Waals surface area contributed by atoms with Crippen LogP contribution in [-0.2, 0) is 9.36 Å². The molecule has 0 saturated carbocycles. The number of aliphatic hydroxyl groups excluding tert-OH is 1. The highest BCUT2D eigenvalue weighted by Crippen LogP contribution is 2.37. The molecule has 3 aromatic rings. The van der Waals surface area contributed by atoms with Crippen LogP contribution in [0.4, 0.5) is 0 Å². The first-order valence-electron chi connectivity index (χ1n) is 8.41. The van der Waals surface area contributed by atoms with Gasteiger partial charge in [-0.05, 0) is 17.7 Å². The molecule has 138 valence electrons. The molecule has 5 nitrogen and oxygen atoms in total. The van der Waals surface area contributed by atoms with Crippen molar-refractivity contribution in [1.82, 2.24) is 4.98 Å². The van der Waals surface area contributed by atoms with Gasteiger partial charge in [-0.1, -0.05) is 70.9 Å². The largest absolute Gasteiger partial charge is 0.479 e. The highest BCUT2D eigenvalue weighted by Gasteiger charge is 2.34. The number of pyridine rings is 1. The van der Waals surface area contributed by atoms with Crippen molar-refractivity contribution in [1.29, 1.82) is 0 Å². The predicted molar refractivity (Wildman–Crippen MR) is 108 cm³/mol. The van der Waals surface area contributed by atoms with Crippen molar-refractivity contribution in [3.63, 3.8) is 0 Å². The Labute approximate surface area is 162 Å². The van der Waals surface area contributed by atoms with E-state index in [9.17, 15) is 19.6 Å². The Morgan fingerprint density at radius 1 is 1.04 bits per heavy atom. The second-order valence-electron chi connectivity index (χ2n) is 6.08. The Bertz CT molecular complexity index is 951. The van der Waals surface area contributed by atoms with E-state index in [2.05, 4.69) is 4.98 Å². The van der Waals surface area contributed by atoms with E-state index < -0.39 is 25.8 Å². The summed E-state index contributed by atoms with van der Waals surface area (Å²) in [5.41, 5.74) is 1.86. The van der Waals surface area contributed by atoms with Crippen LogP contribution in [0.5, 0.6) is 0 Å². The van der Waals surface area contributed by atoms with Gasteiger partial charge in [0.25, 0.3) is 0 Å². The third-order valence-electron chi connectivity index (χ3n) is 4.19. The molecule has 27 heavy (non-hydrogen) atoms. The van der Waals surface area contributed by atoms with E-state index in [-0.39, 0.29) is 6.16 Å². The van der Waals surface area contributed by atoms with Crippen LogP contribution in [0, 0.1) is 0 Å². The topological polar surface area (TPSA) is 87.5 Å². The number of hydrogen-bond acceptors (Lipinski definition) is 5. The van der Waals surface area contributed by atoms with E-state index in [1.807, 2.05) is 42.5 Å². The van der Waals surface area contributed by atoms with E-state index >= 15 is 0 Å². The van der Waals surface area contributed by atoms with Crippen molar-refractivity contribution < 1.29 is 19.6 Å². The Hall–Kier alpha value is -2.27. The fraction of sp³-hybridized carbons (Fsp3) is 0.200. The molecular weight excluding hydrogens is 381 g/mol. The van der Waals surface area contributed by atoms with Gasteiger partial charge in [0.1, 0.15) is 5.03 Å². The molecule has 0 saturated heterocycles. The minimum Gasteiger partial charge on any atom is -0.479 e. The van der Waals surface area contributed by atoms with Crippen molar-refractivity contribution in [2.75, 3.05) is 11.7 Å². The number of para-hydroxylation sites is 1. The van der Waals surface area contributed by atoms with Gasteiger partial charge in [-0.3, -0.25) is 0 Å². The number of aromatic nitrogens is 1. The van der Waals surface area contributed by atoms with Crippen molar-refractivity contribution >= 4 is 36.4 Å². The number of nitrogens with zero attached hydrogens (tertiary/aromatic N) is 1. The van der Waals surface area contributed by atoms with Crippen LogP contribution in [0.15, 0.2) is 71.8 Å². The zero-order chi connectivity index (χ0) is 19.2. The zero-order valence-corrected chi connectivity index (χ0v) is 16.1. The lowest BCUT2D eigenvalue weighted by Gasteiger charge is -2.16. The lowest BCUT2D eigenvalue weighted by molar-refractivity contribution is -0.147. The maximum atomic E-state index is 12.6. The first-order chi connectivity index (χ1) is 13.0. The summed E-state index contributed by atoms with van der Waals surface area (Å²) in [5, 5.41) is 21.0. The fourth-order valence-electron chi connectivity index (χ4n) is 2.80. The van der Waals surface area contributed by atoms with Crippen molar-refractivity contribution in [2.24, 2.45) is 0 Å². The molecule has 7 heteroatoms. The molecule has 0 aliphatic rings. The number of benzene rings is 2. The first kappa shape index (κ1) is 19.5. The van der Waals surface area contributed by atoms with E-state index in [1.54, 1.807) is 24.3 Å². The van der Waals surface area contributed by atoms with E-state index in [4.69, 9.17) is 0 Å². The quantitative estimate of drug-likeness (QED) is 0.432. The van der Waals surface area contributed by atoms with Gasteiger partial charge in [0.15, 0.2) is 17.8 Å². The van der Waals surface area contributed by atoms with Crippen LogP contribution in [0.1, 0.15) is 11.5 Å². The molecule has 0 aliphatic carbocycles. The molecule has 0 bridgehead atoms. The Morgan fingerprint density at radius 2 is 1.74 bits per heavy atom. The van der Waals surface area contributed by atoms with Crippen LogP contribution >= 0.6 is 19.6 Å². The number of hydrogen-bond donors (Lipinski definition) is 2. The number of carboxylic acids is 1. The number of thioether (sulfide) groups is 1. The van der Waals surface area contributed by atoms with Crippen molar-refractivity contribution in [2.45, 2.75) is 17.0 Å².